The molecule has 3 rings (SSSR count). The molecule has 1 unspecified atom stereocenters. The zero-order valence-corrected chi connectivity index (χ0v) is 16.4. The van der Waals surface area contributed by atoms with Crippen LogP contribution in [0, 0.1) is 0 Å². The fraction of sp³-hybridized carbons (Fsp3) is 0.286. The average molecular weight is 398 g/mol. The number of aliphatic hydroxyl groups excluding tert-OH is 1. The van der Waals surface area contributed by atoms with Crippen molar-refractivity contribution in [3.63, 3.8) is 0 Å². The maximum atomic E-state index is 12.8. The average Bonchev–Trinajstić information content (AvgIpc) is 2.99. The molecule has 2 aromatic rings. The summed E-state index contributed by atoms with van der Waals surface area (Å²) in [4.78, 5) is 40.6. The highest BCUT2D eigenvalue weighted by atomic mass is 32.2. The van der Waals surface area contributed by atoms with E-state index in [0.717, 1.165) is 28.6 Å². The zero-order valence-electron chi connectivity index (χ0n) is 15.6. The number of aryl methyl sites for hydroxylation is 1. The first-order valence-corrected chi connectivity index (χ1v) is 10.0. The molecular weight excluding hydrogens is 376 g/mol. The Morgan fingerprint density at radius 3 is 2.39 bits per heavy atom. The number of hydrogen-bond acceptors (Lipinski definition) is 5. The Hall–Kier alpha value is -2.64. The number of rotatable bonds is 7. The van der Waals surface area contributed by atoms with E-state index in [1.165, 1.54) is 4.90 Å². The minimum absolute atomic E-state index is 0.103. The lowest BCUT2D eigenvalue weighted by Gasteiger charge is -2.23. The molecule has 28 heavy (non-hydrogen) atoms. The minimum Gasteiger partial charge on any atom is -0.395 e. The summed E-state index contributed by atoms with van der Waals surface area (Å²) < 4.78 is 0. The van der Waals surface area contributed by atoms with Gasteiger partial charge in [-0.3, -0.25) is 14.4 Å². The van der Waals surface area contributed by atoms with Crippen LogP contribution in [0.3, 0.4) is 0 Å². The number of thioether (sulfide) groups is 1. The SMILES string of the molecule is CCc1ccc(N2C(=O)SC(CC(=O)N(CCO)c3ccccc3)C2=O)cc1. The van der Waals surface area contributed by atoms with Gasteiger partial charge in [0.15, 0.2) is 0 Å². The first-order chi connectivity index (χ1) is 13.5. The van der Waals surface area contributed by atoms with Crippen molar-refractivity contribution < 1.29 is 19.5 Å². The molecule has 1 heterocycles. The van der Waals surface area contributed by atoms with E-state index in [1.807, 2.05) is 25.1 Å². The van der Waals surface area contributed by atoms with E-state index >= 15 is 0 Å². The summed E-state index contributed by atoms with van der Waals surface area (Å²) in [6, 6.07) is 16.2. The Labute approximate surface area is 168 Å². The van der Waals surface area contributed by atoms with Gasteiger partial charge < -0.3 is 10.0 Å². The van der Waals surface area contributed by atoms with Crippen LogP contribution in [0.25, 0.3) is 0 Å². The lowest BCUT2D eigenvalue weighted by atomic mass is 10.1. The second kappa shape index (κ2) is 9.03. The zero-order chi connectivity index (χ0) is 20.1. The van der Waals surface area contributed by atoms with Crippen molar-refractivity contribution in [1.29, 1.82) is 0 Å². The van der Waals surface area contributed by atoms with Crippen LogP contribution in [0.5, 0.6) is 0 Å². The van der Waals surface area contributed by atoms with Gasteiger partial charge in [0.2, 0.25) is 11.8 Å². The number of aliphatic hydroxyl groups is 1. The molecule has 0 saturated carbocycles. The van der Waals surface area contributed by atoms with Crippen molar-refractivity contribution in [2.75, 3.05) is 23.0 Å². The molecule has 1 saturated heterocycles. The molecular formula is C21H22N2O4S. The Morgan fingerprint density at radius 1 is 1.11 bits per heavy atom. The molecule has 1 aliphatic heterocycles. The van der Waals surface area contributed by atoms with Gasteiger partial charge in [0.25, 0.3) is 5.24 Å². The molecule has 1 fully saturated rings. The second-order valence-corrected chi connectivity index (χ2v) is 7.53. The second-order valence-electron chi connectivity index (χ2n) is 6.37. The van der Waals surface area contributed by atoms with Gasteiger partial charge in [0, 0.05) is 18.7 Å². The summed E-state index contributed by atoms with van der Waals surface area (Å²) in [5, 5.41) is 8.16. The molecule has 6 nitrogen and oxygen atoms in total. The normalized spacial score (nSPS) is 16.5. The number of para-hydroxylation sites is 1. The predicted molar refractivity (Wildman–Crippen MR) is 111 cm³/mol. The Kier molecular flexibility index (Phi) is 6.49. The third-order valence-corrected chi connectivity index (χ3v) is 5.61. The molecule has 1 aliphatic rings. The van der Waals surface area contributed by atoms with Crippen molar-refractivity contribution in [3.05, 3.63) is 60.2 Å². The van der Waals surface area contributed by atoms with Gasteiger partial charge in [-0.25, -0.2) is 4.90 Å². The Balaban J connectivity index is 1.74. The van der Waals surface area contributed by atoms with Gasteiger partial charge in [-0.1, -0.05) is 37.3 Å². The molecule has 7 heteroatoms. The van der Waals surface area contributed by atoms with Crippen molar-refractivity contribution in [3.8, 4) is 0 Å². The lowest BCUT2D eigenvalue weighted by Crippen LogP contribution is -2.38. The largest absolute Gasteiger partial charge is 0.395 e. The van der Waals surface area contributed by atoms with Gasteiger partial charge in [-0.05, 0) is 48.0 Å². The smallest absolute Gasteiger partial charge is 0.293 e. The van der Waals surface area contributed by atoms with Crippen LogP contribution in [0.1, 0.15) is 18.9 Å². The van der Waals surface area contributed by atoms with Crippen LogP contribution < -0.4 is 9.80 Å². The minimum atomic E-state index is -0.768. The number of imide groups is 1. The van der Waals surface area contributed by atoms with E-state index in [4.69, 9.17) is 0 Å². The van der Waals surface area contributed by atoms with Crippen molar-refractivity contribution in [2.24, 2.45) is 0 Å². The third-order valence-electron chi connectivity index (χ3n) is 4.58. The van der Waals surface area contributed by atoms with Crippen molar-refractivity contribution in [2.45, 2.75) is 25.0 Å². The van der Waals surface area contributed by atoms with Crippen molar-refractivity contribution in [1.82, 2.24) is 0 Å². The number of carbonyl (C=O) groups is 3. The quantitative estimate of drug-likeness (QED) is 0.775. The topological polar surface area (TPSA) is 77.9 Å². The van der Waals surface area contributed by atoms with Gasteiger partial charge in [-0.2, -0.15) is 0 Å². The summed E-state index contributed by atoms with van der Waals surface area (Å²) in [5.41, 5.74) is 2.28. The number of anilines is 2. The monoisotopic (exact) mass is 398 g/mol. The molecule has 2 aromatic carbocycles. The van der Waals surface area contributed by atoms with Crippen molar-refractivity contribution >= 4 is 40.2 Å². The molecule has 0 spiro atoms. The number of carbonyl (C=O) groups excluding carboxylic acids is 3. The Bertz CT molecular complexity index is 854. The molecule has 3 amide bonds. The molecule has 0 bridgehead atoms. The van der Waals surface area contributed by atoms with Crippen LogP contribution in [0.4, 0.5) is 16.2 Å². The number of amides is 3. The van der Waals surface area contributed by atoms with E-state index < -0.39 is 5.25 Å². The van der Waals surface area contributed by atoms with E-state index in [2.05, 4.69) is 0 Å². The predicted octanol–water partition coefficient (Wildman–Crippen LogP) is 3.23. The highest BCUT2D eigenvalue weighted by molar-refractivity contribution is 8.15. The molecule has 1 N–H and O–H groups in total. The first-order valence-electron chi connectivity index (χ1n) is 9.15. The van der Waals surface area contributed by atoms with Crippen LogP contribution in [-0.4, -0.2) is 40.6 Å². The number of nitrogens with zero attached hydrogens (tertiary/aromatic N) is 2. The summed E-state index contributed by atoms with van der Waals surface area (Å²) >= 11 is 0.873. The van der Waals surface area contributed by atoms with Gasteiger partial charge >= 0.3 is 0 Å². The number of benzene rings is 2. The van der Waals surface area contributed by atoms with Crippen LogP contribution in [0.15, 0.2) is 54.6 Å². The fourth-order valence-electron chi connectivity index (χ4n) is 3.08. The Morgan fingerprint density at radius 2 is 1.79 bits per heavy atom. The van der Waals surface area contributed by atoms with E-state index in [9.17, 15) is 19.5 Å². The summed E-state index contributed by atoms with van der Waals surface area (Å²) in [5.74, 6) is -0.688. The maximum absolute atomic E-state index is 12.8. The standard InChI is InChI=1S/C21H22N2O4S/c1-2-15-8-10-17(11-9-15)23-20(26)18(28-21(23)27)14-19(25)22(12-13-24)16-6-4-3-5-7-16/h3-11,18,24H,2,12-14H2,1H3. The van der Waals surface area contributed by atoms with E-state index in [1.54, 1.807) is 36.4 Å². The summed E-state index contributed by atoms with van der Waals surface area (Å²) in [6.07, 6.45) is 0.766. The highest BCUT2D eigenvalue weighted by Gasteiger charge is 2.42. The maximum Gasteiger partial charge on any atom is 0.293 e. The molecule has 0 aromatic heterocycles. The molecule has 0 aliphatic carbocycles. The van der Waals surface area contributed by atoms with Crippen LogP contribution in [0.2, 0.25) is 0 Å². The van der Waals surface area contributed by atoms with Crippen LogP contribution in [-0.2, 0) is 16.0 Å². The molecule has 146 valence electrons. The van der Waals surface area contributed by atoms with Crippen LogP contribution >= 0.6 is 11.8 Å². The first kappa shape index (κ1) is 20.1. The molecule has 0 radical (unpaired) electrons. The van der Waals surface area contributed by atoms with Gasteiger partial charge in [0.05, 0.1) is 12.3 Å². The lowest BCUT2D eigenvalue weighted by molar-refractivity contribution is -0.122. The van der Waals surface area contributed by atoms with Gasteiger partial charge in [-0.15, -0.1) is 0 Å². The summed E-state index contributed by atoms with van der Waals surface area (Å²) in [7, 11) is 0. The van der Waals surface area contributed by atoms with E-state index in [-0.39, 0.29) is 36.6 Å². The highest BCUT2D eigenvalue weighted by Crippen LogP contribution is 2.34. The third kappa shape index (κ3) is 4.26. The van der Waals surface area contributed by atoms with E-state index in [0.29, 0.717) is 11.4 Å². The fourth-order valence-corrected chi connectivity index (χ4v) is 4.05. The summed E-state index contributed by atoms with van der Waals surface area (Å²) in [6.45, 7) is 1.97. The number of hydrogen-bond donors (Lipinski definition) is 1. The molecule has 1 atom stereocenters. The van der Waals surface area contributed by atoms with Gasteiger partial charge in [0.1, 0.15) is 5.25 Å².